The third-order valence-electron chi connectivity index (χ3n) is 4.61. The van der Waals surface area contributed by atoms with Gasteiger partial charge in [0.05, 0.1) is 17.5 Å². The van der Waals surface area contributed by atoms with Gasteiger partial charge in [0.25, 0.3) is 5.91 Å². The van der Waals surface area contributed by atoms with Gasteiger partial charge in [-0.2, -0.15) is 0 Å². The number of amides is 1. The van der Waals surface area contributed by atoms with Crippen molar-refractivity contribution in [2.45, 2.75) is 32.2 Å². The van der Waals surface area contributed by atoms with E-state index in [0.717, 1.165) is 23.7 Å². The maximum atomic E-state index is 12.3. The number of carbonyl (C=O) groups excluding carboxylic acids is 1. The second kappa shape index (κ2) is 9.02. The van der Waals surface area contributed by atoms with Crippen LogP contribution in [0.3, 0.4) is 0 Å². The number of thiophene rings is 1. The molecule has 134 valence electrons. The fourth-order valence-corrected chi connectivity index (χ4v) is 3.97. The number of benzene rings is 1. The van der Waals surface area contributed by atoms with Gasteiger partial charge >= 0.3 is 0 Å². The average molecular weight is 359 g/mol. The lowest BCUT2D eigenvalue weighted by molar-refractivity contribution is 0.0928. The quantitative estimate of drug-likeness (QED) is 0.810. The topological polar surface area (TPSA) is 41.6 Å². The van der Waals surface area contributed by atoms with E-state index in [2.05, 4.69) is 22.3 Å². The van der Waals surface area contributed by atoms with Gasteiger partial charge < -0.3 is 10.1 Å². The van der Waals surface area contributed by atoms with Crippen LogP contribution < -0.4 is 10.1 Å². The van der Waals surface area contributed by atoms with E-state index in [-0.39, 0.29) is 11.9 Å². The maximum Gasteiger partial charge on any atom is 0.261 e. The summed E-state index contributed by atoms with van der Waals surface area (Å²) in [5.41, 5.74) is 1.23. The monoisotopic (exact) mass is 358 g/mol. The average Bonchev–Trinajstić information content (AvgIpc) is 3.19. The number of ether oxygens (including phenoxy) is 1. The lowest BCUT2D eigenvalue weighted by atomic mass is 10.0. The van der Waals surface area contributed by atoms with Crippen LogP contribution in [0.25, 0.3) is 0 Å². The van der Waals surface area contributed by atoms with Gasteiger partial charge in [0, 0.05) is 6.54 Å². The fourth-order valence-electron chi connectivity index (χ4n) is 3.32. The van der Waals surface area contributed by atoms with Gasteiger partial charge in [0.2, 0.25) is 0 Å². The van der Waals surface area contributed by atoms with E-state index in [9.17, 15) is 4.79 Å². The van der Waals surface area contributed by atoms with Gasteiger partial charge in [0.15, 0.2) is 0 Å². The van der Waals surface area contributed by atoms with Crippen molar-refractivity contribution >= 4 is 17.2 Å². The maximum absolute atomic E-state index is 12.3. The normalized spacial score (nSPS) is 16.4. The van der Waals surface area contributed by atoms with E-state index in [0.29, 0.717) is 13.2 Å². The SMILES string of the molecule is CCOc1ccc(C(CNC(=O)c2cccs2)N2CCCCC2)cc1. The summed E-state index contributed by atoms with van der Waals surface area (Å²) in [7, 11) is 0. The third kappa shape index (κ3) is 4.83. The Hall–Kier alpha value is -1.85. The van der Waals surface area contributed by atoms with Crippen LogP contribution in [0.5, 0.6) is 5.75 Å². The van der Waals surface area contributed by atoms with Crippen LogP contribution in [-0.2, 0) is 0 Å². The Kier molecular flexibility index (Phi) is 6.48. The van der Waals surface area contributed by atoms with Gasteiger partial charge in [-0.05, 0) is 62.0 Å². The first-order valence-electron chi connectivity index (χ1n) is 9.06. The molecule has 5 heteroatoms. The number of rotatable bonds is 7. The number of hydrogen-bond donors (Lipinski definition) is 1. The molecule has 0 radical (unpaired) electrons. The predicted molar refractivity (Wildman–Crippen MR) is 102 cm³/mol. The summed E-state index contributed by atoms with van der Waals surface area (Å²) in [6, 6.07) is 12.3. The Morgan fingerprint density at radius 2 is 1.96 bits per heavy atom. The summed E-state index contributed by atoms with van der Waals surface area (Å²) < 4.78 is 5.55. The minimum atomic E-state index is 0.0166. The lowest BCUT2D eigenvalue weighted by Gasteiger charge is -2.35. The van der Waals surface area contributed by atoms with Crippen LogP contribution in [0.4, 0.5) is 0 Å². The molecular formula is C20H26N2O2S. The van der Waals surface area contributed by atoms with Crippen LogP contribution in [-0.4, -0.2) is 37.0 Å². The summed E-state index contributed by atoms with van der Waals surface area (Å²) in [5, 5.41) is 5.05. The van der Waals surface area contributed by atoms with Crippen molar-refractivity contribution < 1.29 is 9.53 Å². The zero-order valence-electron chi connectivity index (χ0n) is 14.7. The summed E-state index contributed by atoms with van der Waals surface area (Å²) in [5.74, 6) is 0.911. The number of nitrogens with zero attached hydrogens (tertiary/aromatic N) is 1. The van der Waals surface area contributed by atoms with E-state index in [1.807, 2.05) is 36.6 Å². The van der Waals surface area contributed by atoms with Gasteiger partial charge in [-0.25, -0.2) is 0 Å². The fraction of sp³-hybridized carbons (Fsp3) is 0.450. The predicted octanol–water partition coefficient (Wildman–Crippen LogP) is 4.10. The number of piperidine rings is 1. The highest BCUT2D eigenvalue weighted by Gasteiger charge is 2.23. The van der Waals surface area contributed by atoms with Crippen LogP contribution in [0.15, 0.2) is 41.8 Å². The Morgan fingerprint density at radius 3 is 2.60 bits per heavy atom. The van der Waals surface area contributed by atoms with E-state index in [1.54, 1.807) is 0 Å². The highest BCUT2D eigenvalue weighted by Crippen LogP contribution is 2.26. The minimum absolute atomic E-state index is 0.0166. The molecule has 0 spiro atoms. The Morgan fingerprint density at radius 1 is 1.20 bits per heavy atom. The lowest BCUT2D eigenvalue weighted by Crippen LogP contribution is -2.40. The number of nitrogens with one attached hydrogen (secondary N) is 1. The smallest absolute Gasteiger partial charge is 0.261 e. The Bertz CT molecular complexity index is 649. The van der Waals surface area contributed by atoms with E-state index < -0.39 is 0 Å². The molecule has 2 heterocycles. The molecule has 1 aliphatic rings. The molecule has 1 amide bonds. The van der Waals surface area contributed by atoms with Crippen molar-refractivity contribution in [3.63, 3.8) is 0 Å². The summed E-state index contributed by atoms with van der Waals surface area (Å²) in [4.78, 5) is 15.6. The molecule has 0 saturated carbocycles. The summed E-state index contributed by atoms with van der Waals surface area (Å²) in [6.45, 7) is 5.47. The highest BCUT2D eigenvalue weighted by molar-refractivity contribution is 7.12. The Labute approximate surface area is 153 Å². The highest BCUT2D eigenvalue weighted by atomic mass is 32.1. The second-order valence-corrected chi connectivity index (χ2v) is 7.25. The number of hydrogen-bond acceptors (Lipinski definition) is 4. The molecule has 1 unspecified atom stereocenters. The first-order chi connectivity index (χ1) is 12.3. The molecule has 4 nitrogen and oxygen atoms in total. The summed E-state index contributed by atoms with van der Waals surface area (Å²) in [6.07, 6.45) is 3.76. The standard InChI is InChI=1S/C20H26N2O2S/c1-2-24-17-10-8-16(9-11-17)18(22-12-4-3-5-13-22)15-21-20(23)19-7-6-14-25-19/h6-11,14,18H,2-5,12-13,15H2,1H3,(H,21,23). The summed E-state index contributed by atoms with van der Waals surface area (Å²) >= 11 is 1.48. The van der Waals surface area contributed by atoms with Crippen molar-refractivity contribution in [1.82, 2.24) is 10.2 Å². The minimum Gasteiger partial charge on any atom is -0.494 e. The van der Waals surface area contributed by atoms with Crippen molar-refractivity contribution in [3.8, 4) is 5.75 Å². The molecule has 0 aliphatic carbocycles. The molecule has 25 heavy (non-hydrogen) atoms. The molecule has 1 saturated heterocycles. The van der Waals surface area contributed by atoms with Gasteiger partial charge in [-0.3, -0.25) is 9.69 Å². The van der Waals surface area contributed by atoms with Gasteiger partial charge in [-0.1, -0.05) is 24.6 Å². The molecule has 1 atom stereocenters. The van der Waals surface area contributed by atoms with Crippen LogP contribution in [0.2, 0.25) is 0 Å². The zero-order chi connectivity index (χ0) is 17.5. The first kappa shape index (κ1) is 18.0. The largest absolute Gasteiger partial charge is 0.494 e. The Balaban J connectivity index is 1.71. The van der Waals surface area contributed by atoms with Crippen LogP contribution >= 0.6 is 11.3 Å². The molecule has 1 aromatic carbocycles. The van der Waals surface area contributed by atoms with Crippen molar-refractivity contribution in [3.05, 3.63) is 52.2 Å². The molecule has 1 aliphatic heterocycles. The van der Waals surface area contributed by atoms with E-state index in [4.69, 9.17) is 4.74 Å². The molecule has 1 N–H and O–H groups in total. The number of likely N-dealkylation sites (tertiary alicyclic amines) is 1. The number of carbonyl (C=O) groups is 1. The molecule has 0 bridgehead atoms. The van der Waals surface area contributed by atoms with Gasteiger partial charge in [-0.15, -0.1) is 11.3 Å². The van der Waals surface area contributed by atoms with Crippen molar-refractivity contribution in [2.24, 2.45) is 0 Å². The molecule has 1 aromatic heterocycles. The van der Waals surface area contributed by atoms with E-state index >= 15 is 0 Å². The zero-order valence-corrected chi connectivity index (χ0v) is 15.6. The molecular weight excluding hydrogens is 332 g/mol. The first-order valence-corrected chi connectivity index (χ1v) is 9.94. The van der Waals surface area contributed by atoms with Gasteiger partial charge in [0.1, 0.15) is 5.75 Å². The second-order valence-electron chi connectivity index (χ2n) is 6.30. The van der Waals surface area contributed by atoms with E-state index in [1.165, 1.54) is 36.2 Å². The van der Waals surface area contributed by atoms with Crippen LogP contribution in [0.1, 0.15) is 47.5 Å². The third-order valence-corrected chi connectivity index (χ3v) is 5.48. The molecule has 3 rings (SSSR count). The molecule has 2 aromatic rings. The van der Waals surface area contributed by atoms with Crippen molar-refractivity contribution in [2.75, 3.05) is 26.2 Å². The van der Waals surface area contributed by atoms with Crippen molar-refractivity contribution in [1.29, 1.82) is 0 Å². The molecule has 1 fully saturated rings. The van der Waals surface area contributed by atoms with Crippen LogP contribution in [0, 0.1) is 0 Å².